The van der Waals surface area contributed by atoms with Crippen molar-refractivity contribution < 1.29 is 0 Å². The van der Waals surface area contributed by atoms with Crippen LogP contribution in [0.4, 0.5) is 5.69 Å². The molecule has 0 radical (unpaired) electrons. The maximum atomic E-state index is 13.3. The summed E-state index contributed by atoms with van der Waals surface area (Å²) < 4.78 is 1.81. The highest BCUT2D eigenvalue weighted by Gasteiger charge is 2.23. The Balaban J connectivity index is 1.14. The van der Waals surface area contributed by atoms with Gasteiger partial charge in [0.2, 0.25) is 0 Å². The van der Waals surface area contributed by atoms with E-state index in [1.807, 2.05) is 16.8 Å². The van der Waals surface area contributed by atoms with Crippen molar-refractivity contribution in [3.8, 4) is 0 Å². The minimum atomic E-state index is 0.127. The molecule has 1 saturated heterocycles. The van der Waals surface area contributed by atoms with E-state index >= 15 is 0 Å². The summed E-state index contributed by atoms with van der Waals surface area (Å²) in [6.07, 6.45) is 4.56. The number of piperazine rings is 1. The van der Waals surface area contributed by atoms with Crippen LogP contribution in [0.3, 0.4) is 0 Å². The molecule has 4 aromatic rings. The Hall–Kier alpha value is -2.81. The molecular weight excluding hydrogens is 432 g/mol. The van der Waals surface area contributed by atoms with Crippen LogP contribution in [0.5, 0.6) is 0 Å². The molecule has 7 nitrogen and oxygen atoms in total. The molecule has 0 spiro atoms. The molecule has 0 aliphatic carbocycles. The largest absolute Gasteiger partial charge is 0.367 e. The van der Waals surface area contributed by atoms with Crippen LogP contribution in [0.1, 0.15) is 10.4 Å². The first-order valence-electron chi connectivity index (χ1n) is 11.7. The van der Waals surface area contributed by atoms with Gasteiger partial charge in [0.1, 0.15) is 4.83 Å². The molecule has 3 aromatic heterocycles. The molecule has 0 unspecified atom stereocenters. The van der Waals surface area contributed by atoms with E-state index < -0.39 is 0 Å². The molecule has 1 aromatic carbocycles. The van der Waals surface area contributed by atoms with Gasteiger partial charge in [-0.05, 0) is 31.2 Å². The third-order valence-electron chi connectivity index (χ3n) is 7.00. The van der Waals surface area contributed by atoms with E-state index in [0.717, 1.165) is 68.0 Å². The van der Waals surface area contributed by atoms with Crippen molar-refractivity contribution in [3.05, 3.63) is 63.7 Å². The Morgan fingerprint density at radius 1 is 1.00 bits per heavy atom. The van der Waals surface area contributed by atoms with E-state index in [0.29, 0.717) is 6.54 Å². The number of hydrogen-bond acceptors (Lipinski definition) is 7. The molecule has 6 rings (SSSR count). The van der Waals surface area contributed by atoms with E-state index in [-0.39, 0.29) is 5.56 Å². The van der Waals surface area contributed by atoms with Gasteiger partial charge in [-0.25, -0.2) is 4.98 Å². The Bertz CT molecular complexity index is 1370. The van der Waals surface area contributed by atoms with Crippen LogP contribution in [0.25, 0.3) is 21.1 Å². The molecule has 0 amide bonds. The Morgan fingerprint density at radius 2 is 1.85 bits per heavy atom. The summed E-state index contributed by atoms with van der Waals surface area (Å²) >= 11 is 1.68. The fraction of sp³-hybridized carbons (Fsp3) is 0.400. The number of hydrogen-bond donors (Lipinski definition) is 0. The van der Waals surface area contributed by atoms with Crippen molar-refractivity contribution >= 4 is 38.1 Å². The summed E-state index contributed by atoms with van der Waals surface area (Å²) in [5.74, 6) is 0. The average Bonchev–Trinajstić information content (AvgIpc) is 3.22. The number of thiophene rings is 1. The van der Waals surface area contributed by atoms with Crippen molar-refractivity contribution in [1.29, 1.82) is 0 Å². The van der Waals surface area contributed by atoms with Gasteiger partial charge in [0.05, 0.1) is 22.9 Å². The molecule has 2 aliphatic heterocycles. The lowest BCUT2D eigenvalue weighted by atomic mass is 10.1. The molecule has 0 N–H and O–H groups in total. The lowest BCUT2D eigenvalue weighted by Crippen LogP contribution is -2.47. The van der Waals surface area contributed by atoms with Gasteiger partial charge in [0.25, 0.3) is 5.56 Å². The number of benzene rings is 1. The monoisotopic (exact) mass is 460 g/mol. The van der Waals surface area contributed by atoms with E-state index in [1.54, 1.807) is 17.7 Å². The molecule has 8 heteroatoms. The first kappa shape index (κ1) is 20.8. The van der Waals surface area contributed by atoms with Crippen molar-refractivity contribution in [2.75, 3.05) is 51.2 Å². The molecular formula is C25H28N6OS. The van der Waals surface area contributed by atoms with Crippen molar-refractivity contribution in [2.24, 2.45) is 0 Å². The number of pyridine rings is 1. The molecule has 0 saturated carbocycles. The summed E-state index contributed by atoms with van der Waals surface area (Å²) in [7, 11) is 2.13. The summed E-state index contributed by atoms with van der Waals surface area (Å²) in [5, 5.41) is 2.04. The van der Waals surface area contributed by atoms with Gasteiger partial charge in [-0.15, -0.1) is 11.3 Å². The summed E-state index contributed by atoms with van der Waals surface area (Å²) in [6.45, 7) is 7.37. The standard InChI is InChI=1S/C25H28N6OS/c1-28-9-7-19-21(16-28)33-24-22(19)25(32)31(17-27-24)15-12-29-10-13-30(14-11-29)20-6-2-4-18-5-3-8-26-23(18)20/h2-6,8,17H,7,9-16H2,1H3. The first-order valence-corrected chi connectivity index (χ1v) is 12.5. The molecule has 2 aliphatic rings. The Labute approximate surface area is 196 Å². The summed E-state index contributed by atoms with van der Waals surface area (Å²) in [4.78, 5) is 31.9. The predicted molar refractivity (Wildman–Crippen MR) is 134 cm³/mol. The second-order valence-corrected chi connectivity index (χ2v) is 10.2. The maximum Gasteiger partial charge on any atom is 0.262 e. The highest BCUT2D eigenvalue weighted by Crippen LogP contribution is 2.31. The molecule has 5 heterocycles. The third kappa shape index (κ3) is 3.82. The number of nitrogens with zero attached hydrogens (tertiary/aromatic N) is 6. The fourth-order valence-electron chi connectivity index (χ4n) is 5.11. The average molecular weight is 461 g/mol. The SMILES string of the molecule is CN1CCc2c(sc3ncn(CCN4CCN(c5cccc6cccnc56)CC4)c(=O)c23)C1. The van der Waals surface area contributed by atoms with E-state index in [4.69, 9.17) is 0 Å². The number of aromatic nitrogens is 3. The van der Waals surface area contributed by atoms with Crippen LogP contribution in [0.2, 0.25) is 0 Å². The number of rotatable bonds is 4. The second kappa shape index (κ2) is 8.52. The van der Waals surface area contributed by atoms with Gasteiger partial charge in [-0.2, -0.15) is 0 Å². The smallest absolute Gasteiger partial charge is 0.262 e. The van der Waals surface area contributed by atoms with Crippen LogP contribution in [-0.2, 0) is 19.5 Å². The first-order chi connectivity index (χ1) is 16.2. The number of likely N-dealkylation sites (N-methyl/N-ethyl adjacent to an activating group) is 1. The van der Waals surface area contributed by atoms with Gasteiger partial charge >= 0.3 is 0 Å². The van der Waals surface area contributed by atoms with Crippen LogP contribution >= 0.6 is 11.3 Å². The van der Waals surface area contributed by atoms with Crippen LogP contribution < -0.4 is 10.5 Å². The summed E-state index contributed by atoms with van der Waals surface area (Å²) in [6, 6.07) is 10.5. The lowest BCUT2D eigenvalue weighted by Gasteiger charge is -2.36. The highest BCUT2D eigenvalue weighted by atomic mass is 32.1. The quantitative estimate of drug-likeness (QED) is 0.467. The predicted octanol–water partition coefficient (Wildman–Crippen LogP) is 2.82. The van der Waals surface area contributed by atoms with Crippen molar-refractivity contribution in [2.45, 2.75) is 19.5 Å². The topological polar surface area (TPSA) is 57.5 Å². The number of fused-ring (bicyclic) bond motifs is 4. The van der Waals surface area contributed by atoms with Gasteiger partial charge in [0, 0.05) is 68.8 Å². The summed E-state index contributed by atoms with van der Waals surface area (Å²) in [5.41, 5.74) is 3.65. The van der Waals surface area contributed by atoms with Gasteiger partial charge in [-0.1, -0.05) is 18.2 Å². The van der Waals surface area contributed by atoms with Crippen LogP contribution in [-0.4, -0.2) is 70.7 Å². The zero-order chi connectivity index (χ0) is 22.4. The van der Waals surface area contributed by atoms with Crippen molar-refractivity contribution in [1.82, 2.24) is 24.3 Å². The van der Waals surface area contributed by atoms with E-state index in [2.05, 4.69) is 56.0 Å². The lowest BCUT2D eigenvalue weighted by molar-refractivity contribution is 0.247. The molecule has 1 fully saturated rings. The van der Waals surface area contributed by atoms with Crippen LogP contribution in [0, 0.1) is 0 Å². The second-order valence-electron chi connectivity index (χ2n) is 9.10. The zero-order valence-corrected chi connectivity index (χ0v) is 19.7. The molecule has 33 heavy (non-hydrogen) atoms. The normalized spacial score (nSPS) is 17.7. The molecule has 170 valence electrons. The molecule has 0 atom stereocenters. The van der Waals surface area contributed by atoms with E-state index in [9.17, 15) is 4.79 Å². The zero-order valence-electron chi connectivity index (χ0n) is 18.9. The van der Waals surface area contributed by atoms with Gasteiger partial charge < -0.3 is 9.80 Å². The van der Waals surface area contributed by atoms with E-state index in [1.165, 1.54) is 21.5 Å². The van der Waals surface area contributed by atoms with Crippen LogP contribution in [0.15, 0.2) is 47.7 Å². The van der Waals surface area contributed by atoms with Gasteiger partial charge in [-0.3, -0.25) is 19.2 Å². The minimum absolute atomic E-state index is 0.127. The third-order valence-corrected chi connectivity index (χ3v) is 8.12. The maximum absolute atomic E-state index is 13.3. The van der Waals surface area contributed by atoms with Gasteiger partial charge in [0.15, 0.2) is 0 Å². The fourth-order valence-corrected chi connectivity index (χ4v) is 6.37. The van der Waals surface area contributed by atoms with Crippen molar-refractivity contribution in [3.63, 3.8) is 0 Å². The Kier molecular flexibility index (Phi) is 5.36. The Morgan fingerprint density at radius 3 is 2.73 bits per heavy atom. The molecule has 0 bridgehead atoms. The minimum Gasteiger partial charge on any atom is -0.367 e. The number of para-hydroxylation sites is 1. The number of anilines is 1. The highest BCUT2D eigenvalue weighted by molar-refractivity contribution is 7.18.